The van der Waals surface area contributed by atoms with Crippen LogP contribution in [0.3, 0.4) is 0 Å². The Bertz CT molecular complexity index is 898. The molecule has 1 fully saturated rings. The van der Waals surface area contributed by atoms with Crippen molar-refractivity contribution in [1.82, 2.24) is 15.1 Å². The molecule has 6 nitrogen and oxygen atoms in total. The molecule has 1 saturated heterocycles. The van der Waals surface area contributed by atoms with Gasteiger partial charge in [-0.15, -0.1) is 0 Å². The molecule has 2 aromatic carbocycles. The molecule has 0 saturated carbocycles. The van der Waals surface area contributed by atoms with Crippen molar-refractivity contribution < 1.29 is 9.53 Å². The summed E-state index contributed by atoms with van der Waals surface area (Å²) in [5.74, 6) is -0.0166. The van der Waals surface area contributed by atoms with E-state index in [9.17, 15) is 4.79 Å². The molecule has 26 heavy (non-hydrogen) atoms. The molecular weight excluding hydrogens is 328 g/mol. The number of fused-ring (bicyclic) bond motifs is 1. The first kappa shape index (κ1) is 16.6. The summed E-state index contributed by atoms with van der Waals surface area (Å²) >= 11 is 0. The van der Waals surface area contributed by atoms with Crippen LogP contribution in [0, 0.1) is 0 Å². The van der Waals surface area contributed by atoms with Crippen LogP contribution < -0.4 is 4.90 Å². The highest BCUT2D eigenvalue weighted by Gasteiger charge is 2.16. The van der Waals surface area contributed by atoms with E-state index in [1.165, 1.54) is 5.69 Å². The van der Waals surface area contributed by atoms with Crippen LogP contribution in [-0.4, -0.2) is 54.4 Å². The maximum Gasteiger partial charge on any atom is 0.256 e. The van der Waals surface area contributed by atoms with Gasteiger partial charge in [-0.3, -0.25) is 9.89 Å². The van der Waals surface area contributed by atoms with Crippen LogP contribution in [0.1, 0.15) is 15.9 Å². The first-order valence-corrected chi connectivity index (χ1v) is 8.81. The summed E-state index contributed by atoms with van der Waals surface area (Å²) in [6.45, 7) is 3.96. The van der Waals surface area contributed by atoms with Crippen LogP contribution in [0.15, 0.2) is 48.7 Å². The summed E-state index contributed by atoms with van der Waals surface area (Å²) in [7, 11) is 1.83. The van der Waals surface area contributed by atoms with Gasteiger partial charge in [-0.1, -0.05) is 24.3 Å². The van der Waals surface area contributed by atoms with E-state index in [0.717, 1.165) is 42.8 Å². The zero-order valence-electron chi connectivity index (χ0n) is 14.8. The maximum absolute atomic E-state index is 12.8. The largest absolute Gasteiger partial charge is 0.378 e. The van der Waals surface area contributed by atoms with Gasteiger partial charge in [0.2, 0.25) is 0 Å². The van der Waals surface area contributed by atoms with Crippen molar-refractivity contribution in [3.63, 3.8) is 0 Å². The average Bonchev–Trinajstić information content (AvgIpc) is 3.17. The van der Waals surface area contributed by atoms with Crippen molar-refractivity contribution in [1.29, 1.82) is 0 Å². The molecule has 1 amide bonds. The molecule has 6 heteroatoms. The summed E-state index contributed by atoms with van der Waals surface area (Å²) in [5.41, 5.74) is 3.74. The molecule has 134 valence electrons. The van der Waals surface area contributed by atoms with Gasteiger partial charge in [-0.05, 0) is 23.8 Å². The van der Waals surface area contributed by atoms with Crippen molar-refractivity contribution in [2.45, 2.75) is 6.54 Å². The minimum atomic E-state index is -0.0166. The second-order valence-electron chi connectivity index (χ2n) is 6.57. The molecule has 4 rings (SSSR count). The Kier molecular flexibility index (Phi) is 4.58. The molecule has 3 aromatic rings. The average molecular weight is 350 g/mol. The summed E-state index contributed by atoms with van der Waals surface area (Å²) in [5, 5.41) is 7.89. The molecule has 0 spiro atoms. The highest BCUT2D eigenvalue weighted by atomic mass is 16.5. The fourth-order valence-corrected chi connectivity index (χ4v) is 3.33. The van der Waals surface area contributed by atoms with Crippen LogP contribution in [0.5, 0.6) is 0 Å². The number of rotatable bonds is 4. The fraction of sp³-hybridized carbons (Fsp3) is 0.300. The zero-order chi connectivity index (χ0) is 17.9. The molecule has 2 heterocycles. The molecule has 1 aliphatic rings. The predicted molar refractivity (Wildman–Crippen MR) is 101 cm³/mol. The van der Waals surface area contributed by atoms with Crippen LogP contribution in [0.2, 0.25) is 0 Å². The lowest BCUT2D eigenvalue weighted by molar-refractivity contribution is 0.0787. The van der Waals surface area contributed by atoms with E-state index < -0.39 is 0 Å². The van der Waals surface area contributed by atoms with Crippen LogP contribution in [-0.2, 0) is 11.3 Å². The number of nitrogens with one attached hydrogen (secondary N) is 1. The molecule has 0 bridgehead atoms. The van der Waals surface area contributed by atoms with Crippen molar-refractivity contribution in [3.8, 4) is 0 Å². The first-order valence-electron chi connectivity index (χ1n) is 8.81. The molecule has 0 unspecified atom stereocenters. The van der Waals surface area contributed by atoms with Gasteiger partial charge in [-0.25, -0.2) is 0 Å². The minimum absolute atomic E-state index is 0.0166. The number of carbonyl (C=O) groups excluding carboxylic acids is 1. The quantitative estimate of drug-likeness (QED) is 0.786. The highest BCUT2D eigenvalue weighted by molar-refractivity contribution is 6.05. The molecule has 0 aliphatic carbocycles. The van der Waals surface area contributed by atoms with Crippen molar-refractivity contribution >= 4 is 22.5 Å². The maximum atomic E-state index is 12.8. The number of morpholine rings is 1. The number of carbonyl (C=O) groups is 1. The second kappa shape index (κ2) is 7.17. The molecule has 0 atom stereocenters. The van der Waals surface area contributed by atoms with Gasteiger partial charge in [0, 0.05) is 37.8 Å². The number of ether oxygens (including phenoxy) is 1. The van der Waals surface area contributed by atoms with Crippen molar-refractivity contribution in [3.05, 3.63) is 59.8 Å². The standard InChI is InChI=1S/C20H22N4O2/c1-23(20(25)18-4-2-3-16-13-21-22-19(16)18)14-15-5-7-17(8-6-15)24-9-11-26-12-10-24/h2-8,13H,9-12,14H2,1H3,(H,21,22). The van der Waals surface area contributed by atoms with Gasteiger partial charge in [-0.2, -0.15) is 5.10 Å². The molecule has 1 N–H and O–H groups in total. The Morgan fingerprint density at radius 1 is 1.19 bits per heavy atom. The number of aromatic amines is 1. The van der Waals surface area contributed by atoms with E-state index >= 15 is 0 Å². The fourth-order valence-electron chi connectivity index (χ4n) is 3.33. The van der Waals surface area contributed by atoms with Gasteiger partial charge >= 0.3 is 0 Å². The summed E-state index contributed by atoms with van der Waals surface area (Å²) in [6.07, 6.45) is 1.73. The molecule has 1 aliphatic heterocycles. The summed E-state index contributed by atoms with van der Waals surface area (Å²) in [4.78, 5) is 16.9. The Hall–Kier alpha value is -2.86. The smallest absolute Gasteiger partial charge is 0.256 e. The number of benzene rings is 2. The number of amides is 1. The van der Waals surface area contributed by atoms with Crippen LogP contribution in [0.25, 0.3) is 10.9 Å². The Balaban J connectivity index is 1.46. The number of hydrogen-bond donors (Lipinski definition) is 1. The zero-order valence-corrected chi connectivity index (χ0v) is 14.8. The van der Waals surface area contributed by atoms with E-state index in [1.807, 2.05) is 25.2 Å². The van der Waals surface area contributed by atoms with Gasteiger partial charge in [0.15, 0.2) is 0 Å². The summed E-state index contributed by atoms with van der Waals surface area (Å²) in [6, 6.07) is 14.1. The number of para-hydroxylation sites is 1. The number of aromatic nitrogens is 2. The number of nitrogens with zero attached hydrogens (tertiary/aromatic N) is 3. The number of hydrogen-bond acceptors (Lipinski definition) is 4. The molecule has 0 radical (unpaired) electrons. The van der Waals surface area contributed by atoms with E-state index in [0.29, 0.717) is 12.1 Å². The van der Waals surface area contributed by atoms with Crippen molar-refractivity contribution in [2.24, 2.45) is 0 Å². The number of H-pyrrole nitrogens is 1. The van der Waals surface area contributed by atoms with Gasteiger partial charge in [0.05, 0.1) is 30.5 Å². The highest BCUT2D eigenvalue weighted by Crippen LogP contribution is 2.20. The third kappa shape index (κ3) is 3.28. The Morgan fingerprint density at radius 2 is 1.96 bits per heavy atom. The van der Waals surface area contributed by atoms with Gasteiger partial charge in [0.1, 0.15) is 0 Å². The van der Waals surface area contributed by atoms with E-state index in [-0.39, 0.29) is 5.91 Å². The molecular formula is C20H22N4O2. The van der Waals surface area contributed by atoms with Crippen LogP contribution >= 0.6 is 0 Å². The Labute approximate surface area is 152 Å². The SMILES string of the molecule is CN(Cc1ccc(N2CCOCC2)cc1)C(=O)c1cccc2cn[nH]c12. The van der Waals surface area contributed by atoms with Crippen LogP contribution in [0.4, 0.5) is 5.69 Å². The molecule has 1 aromatic heterocycles. The number of anilines is 1. The summed E-state index contributed by atoms with van der Waals surface area (Å²) < 4.78 is 5.40. The third-order valence-electron chi connectivity index (χ3n) is 4.79. The first-order chi connectivity index (χ1) is 12.7. The van der Waals surface area contributed by atoms with Gasteiger partial charge < -0.3 is 14.5 Å². The second-order valence-corrected chi connectivity index (χ2v) is 6.57. The lowest BCUT2D eigenvalue weighted by Gasteiger charge is -2.29. The Morgan fingerprint density at radius 3 is 2.73 bits per heavy atom. The monoisotopic (exact) mass is 350 g/mol. The third-order valence-corrected chi connectivity index (χ3v) is 4.79. The lowest BCUT2D eigenvalue weighted by atomic mass is 10.1. The van der Waals surface area contributed by atoms with E-state index in [2.05, 4.69) is 39.4 Å². The van der Waals surface area contributed by atoms with Crippen molar-refractivity contribution in [2.75, 3.05) is 38.3 Å². The van der Waals surface area contributed by atoms with E-state index in [4.69, 9.17) is 4.74 Å². The van der Waals surface area contributed by atoms with E-state index in [1.54, 1.807) is 11.1 Å². The normalized spacial score (nSPS) is 14.6. The van der Waals surface area contributed by atoms with Gasteiger partial charge in [0.25, 0.3) is 5.91 Å². The lowest BCUT2D eigenvalue weighted by Crippen LogP contribution is -2.36. The topological polar surface area (TPSA) is 61.5 Å². The predicted octanol–water partition coefficient (Wildman–Crippen LogP) is 2.67. The minimum Gasteiger partial charge on any atom is -0.378 e.